The number of H-pyrrole nitrogens is 1. The Morgan fingerprint density at radius 1 is 1.20 bits per heavy atom. The molecule has 1 saturated heterocycles. The summed E-state index contributed by atoms with van der Waals surface area (Å²) in [5.74, 6) is -0.00907. The molecular weight excluding hydrogens is 440 g/mol. The highest BCUT2D eigenvalue weighted by Gasteiger charge is 2.34. The number of benzene rings is 2. The molecule has 0 saturated carbocycles. The largest absolute Gasteiger partial charge is 0.417 e. The Kier molecular flexibility index (Phi) is 6.59. The van der Waals surface area contributed by atoms with E-state index in [2.05, 4.69) is 20.8 Å². The van der Waals surface area contributed by atoms with Crippen molar-refractivity contribution in [2.75, 3.05) is 18.4 Å². The highest BCUT2D eigenvalue weighted by atomic mass is 35.5. The van der Waals surface area contributed by atoms with Gasteiger partial charge < -0.3 is 10.6 Å². The average molecular weight is 459 g/mol. The van der Waals surface area contributed by atoms with Gasteiger partial charge in [-0.15, -0.1) is 12.4 Å². The van der Waals surface area contributed by atoms with Crippen molar-refractivity contribution >= 4 is 46.6 Å². The molecule has 1 aliphatic rings. The molecule has 1 fully saturated rings. The monoisotopic (exact) mass is 458 g/mol. The zero-order chi connectivity index (χ0) is 20.6. The van der Waals surface area contributed by atoms with E-state index in [4.69, 9.17) is 11.6 Å². The van der Waals surface area contributed by atoms with Crippen LogP contribution in [-0.4, -0.2) is 29.2 Å². The number of anilines is 1. The summed E-state index contributed by atoms with van der Waals surface area (Å²) in [5, 5.41) is 13.5. The topological polar surface area (TPSA) is 69.8 Å². The van der Waals surface area contributed by atoms with Crippen LogP contribution in [0.3, 0.4) is 0 Å². The molecule has 1 amide bonds. The van der Waals surface area contributed by atoms with E-state index in [1.165, 1.54) is 12.1 Å². The fourth-order valence-electron chi connectivity index (χ4n) is 3.57. The number of aromatic amines is 1. The molecule has 5 nitrogen and oxygen atoms in total. The van der Waals surface area contributed by atoms with Crippen LogP contribution < -0.4 is 10.6 Å². The Bertz CT molecular complexity index is 1060. The molecule has 160 valence electrons. The van der Waals surface area contributed by atoms with Crippen LogP contribution in [0.15, 0.2) is 36.4 Å². The Balaban J connectivity index is 0.00000256. The van der Waals surface area contributed by atoms with E-state index in [-0.39, 0.29) is 34.8 Å². The minimum atomic E-state index is -4.55. The van der Waals surface area contributed by atoms with Gasteiger partial charge in [0.1, 0.15) is 0 Å². The lowest BCUT2D eigenvalue weighted by atomic mass is 9.97. The summed E-state index contributed by atoms with van der Waals surface area (Å²) in [4.78, 5) is 12.5. The molecule has 0 unspecified atom stereocenters. The molecule has 4 rings (SSSR count). The number of nitrogens with zero attached hydrogens (tertiary/aromatic N) is 1. The first-order chi connectivity index (χ1) is 13.8. The summed E-state index contributed by atoms with van der Waals surface area (Å²) in [5.41, 5.74) is 0.177. The van der Waals surface area contributed by atoms with E-state index in [0.717, 1.165) is 25.5 Å². The number of carbonyl (C=O) groups is 1. The van der Waals surface area contributed by atoms with Crippen molar-refractivity contribution in [3.63, 3.8) is 0 Å². The summed E-state index contributed by atoms with van der Waals surface area (Å²) in [6.07, 6.45) is -2.84. The number of hydrogen-bond acceptors (Lipinski definition) is 3. The van der Waals surface area contributed by atoms with Crippen LogP contribution in [0.5, 0.6) is 0 Å². The first kappa shape index (κ1) is 22.4. The van der Waals surface area contributed by atoms with Crippen molar-refractivity contribution in [2.45, 2.75) is 19.0 Å². The number of halogens is 5. The third-order valence-electron chi connectivity index (χ3n) is 5.07. The first-order valence-corrected chi connectivity index (χ1v) is 9.57. The molecule has 30 heavy (non-hydrogen) atoms. The van der Waals surface area contributed by atoms with Gasteiger partial charge in [-0.05, 0) is 54.8 Å². The molecule has 1 aliphatic heterocycles. The van der Waals surface area contributed by atoms with Crippen molar-refractivity contribution < 1.29 is 18.0 Å². The predicted octanol–water partition coefficient (Wildman–Crippen LogP) is 5.26. The van der Waals surface area contributed by atoms with Crippen LogP contribution in [0, 0.1) is 5.92 Å². The van der Waals surface area contributed by atoms with Gasteiger partial charge in [-0.25, -0.2) is 0 Å². The fraction of sp³-hybridized carbons (Fsp3) is 0.300. The quantitative estimate of drug-likeness (QED) is 0.501. The van der Waals surface area contributed by atoms with Gasteiger partial charge in [0.25, 0.3) is 0 Å². The number of hydrogen-bond donors (Lipinski definition) is 3. The van der Waals surface area contributed by atoms with Gasteiger partial charge in [0, 0.05) is 17.0 Å². The van der Waals surface area contributed by atoms with Crippen LogP contribution in [0.2, 0.25) is 5.02 Å². The van der Waals surface area contributed by atoms with E-state index in [9.17, 15) is 18.0 Å². The molecule has 0 aliphatic carbocycles. The van der Waals surface area contributed by atoms with Crippen molar-refractivity contribution in [2.24, 2.45) is 5.92 Å². The van der Waals surface area contributed by atoms with Crippen LogP contribution >= 0.6 is 24.0 Å². The number of carbonyl (C=O) groups excluding carboxylic acids is 1. The molecule has 1 atom stereocenters. The SMILES string of the molecule is Cl.O=C(Nc1n[nH]c2ccc(-c3ccc(Cl)cc3C(F)(F)F)cc12)[C@@H]1CCCNC1. The number of piperidine rings is 1. The van der Waals surface area contributed by atoms with E-state index in [0.29, 0.717) is 28.8 Å². The maximum Gasteiger partial charge on any atom is 0.417 e. The number of fused-ring (bicyclic) bond motifs is 1. The van der Waals surface area contributed by atoms with E-state index >= 15 is 0 Å². The van der Waals surface area contributed by atoms with Gasteiger partial charge in [0.05, 0.1) is 17.0 Å². The molecule has 1 aromatic heterocycles. The lowest BCUT2D eigenvalue weighted by Crippen LogP contribution is -2.37. The smallest absolute Gasteiger partial charge is 0.316 e. The van der Waals surface area contributed by atoms with E-state index in [1.54, 1.807) is 18.2 Å². The second kappa shape index (κ2) is 8.83. The van der Waals surface area contributed by atoms with Crippen LogP contribution in [-0.2, 0) is 11.0 Å². The molecule has 10 heteroatoms. The third-order valence-corrected chi connectivity index (χ3v) is 5.31. The number of aromatic nitrogens is 2. The fourth-order valence-corrected chi connectivity index (χ4v) is 3.75. The Morgan fingerprint density at radius 3 is 2.70 bits per heavy atom. The van der Waals surface area contributed by atoms with Gasteiger partial charge >= 0.3 is 6.18 Å². The molecule has 2 heterocycles. The molecule has 0 radical (unpaired) electrons. The summed E-state index contributed by atoms with van der Waals surface area (Å²) in [6, 6.07) is 8.49. The zero-order valence-corrected chi connectivity index (χ0v) is 17.2. The molecule has 0 spiro atoms. The van der Waals surface area contributed by atoms with Gasteiger partial charge in [0.15, 0.2) is 5.82 Å². The maximum atomic E-state index is 13.5. The van der Waals surface area contributed by atoms with E-state index in [1.807, 2.05) is 0 Å². The minimum Gasteiger partial charge on any atom is -0.316 e. The van der Waals surface area contributed by atoms with Crippen molar-refractivity contribution in [3.05, 3.63) is 47.0 Å². The van der Waals surface area contributed by atoms with Crippen molar-refractivity contribution in [1.29, 1.82) is 0 Å². The van der Waals surface area contributed by atoms with Gasteiger partial charge in [0.2, 0.25) is 5.91 Å². The van der Waals surface area contributed by atoms with Gasteiger partial charge in [-0.1, -0.05) is 23.7 Å². The number of amides is 1. The van der Waals surface area contributed by atoms with E-state index < -0.39 is 11.7 Å². The highest BCUT2D eigenvalue weighted by Crippen LogP contribution is 2.39. The molecule has 3 aromatic rings. The Hall–Kier alpha value is -2.29. The van der Waals surface area contributed by atoms with Crippen molar-refractivity contribution in [3.8, 4) is 11.1 Å². The van der Waals surface area contributed by atoms with Gasteiger partial charge in [-0.3, -0.25) is 9.89 Å². The summed E-state index contributed by atoms with van der Waals surface area (Å²) in [7, 11) is 0. The normalized spacial score (nSPS) is 16.9. The number of rotatable bonds is 3. The molecule has 2 aromatic carbocycles. The predicted molar refractivity (Wildman–Crippen MR) is 113 cm³/mol. The second-order valence-electron chi connectivity index (χ2n) is 7.05. The highest BCUT2D eigenvalue weighted by molar-refractivity contribution is 6.30. The summed E-state index contributed by atoms with van der Waals surface area (Å²) < 4.78 is 40.5. The number of nitrogens with one attached hydrogen (secondary N) is 3. The van der Waals surface area contributed by atoms with Crippen LogP contribution in [0.1, 0.15) is 18.4 Å². The summed E-state index contributed by atoms with van der Waals surface area (Å²) >= 11 is 5.78. The van der Waals surface area contributed by atoms with Crippen LogP contribution in [0.25, 0.3) is 22.0 Å². The van der Waals surface area contributed by atoms with Gasteiger partial charge in [-0.2, -0.15) is 18.3 Å². The lowest BCUT2D eigenvalue weighted by Gasteiger charge is -2.21. The van der Waals surface area contributed by atoms with Crippen LogP contribution in [0.4, 0.5) is 19.0 Å². The third kappa shape index (κ3) is 4.55. The minimum absolute atomic E-state index is 0. The second-order valence-corrected chi connectivity index (χ2v) is 7.49. The Labute approximate surface area is 181 Å². The zero-order valence-electron chi connectivity index (χ0n) is 15.6. The molecule has 3 N–H and O–H groups in total. The average Bonchev–Trinajstić information content (AvgIpc) is 3.10. The Morgan fingerprint density at radius 2 is 2.00 bits per heavy atom. The summed E-state index contributed by atoms with van der Waals surface area (Å²) in [6.45, 7) is 1.49. The standard InChI is InChI=1S/C20H18ClF3N4O.ClH/c21-13-4-5-14(16(9-13)20(22,23)24)11-3-6-17-15(8-11)18(28-27-17)26-19(29)12-2-1-7-25-10-12;/h3-6,8-9,12,25H,1-2,7,10H2,(H2,26,27,28,29);1H/t12-;/m1./s1. The maximum absolute atomic E-state index is 13.5. The number of alkyl halides is 3. The lowest BCUT2D eigenvalue weighted by molar-refractivity contribution is -0.137. The first-order valence-electron chi connectivity index (χ1n) is 9.20. The molecular formula is C20H19Cl2F3N4O. The van der Waals surface area contributed by atoms with Crippen molar-refractivity contribution in [1.82, 2.24) is 15.5 Å². The molecule has 0 bridgehead atoms.